The van der Waals surface area contributed by atoms with Crippen LogP contribution >= 0.6 is 0 Å². The molecule has 30 heavy (non-hydrogen) atoms. The molecule has 0 amide bonds. The van der Waals surface area contributed by atoms with E-state index in [0.717, 1.165) is 0 Å². The highest BCUT2D eigenvalue weighted by Gasteiger charge is 2.53. The lowest BCUT2D eigenvalue weighted by molar-refractivity contribution is -0.0489. The van der Waals surface area contributed by atoms with Crippen LogP contribution in [0.4, 0.5) is 0 Å². The topological polar surface area (TPSA) is 27.7 Å². The van der Waals surface area contributed by atoms with Gasteiger partial charge in [0.05, 0.1) is 0 Å². The Morgan fingerprint density at radius 2 is 0.600 bits per heavy atom. The summed E-state index contributed by atoms with van der Waals surface area (Å²) in [5, 5.41) is 0. The highest BCUT2D eigenvalue weighted by atomic mass is 28.4. The molecule has 174 valence electrons. The van der Waals surface area contributed by atoms with E-state index in [0.29, 0.717) is 23.9 Å². The van der Waals surface area contributed by atoms with Crippen LogP contribution in [0.15, 0.2) is 0 Å². The molecule has 0 N–H and O–H groups in total. The van der Waals surface area contributed by atoms with E-state index < -0.39 is 8.80 Å². The van der Waals surface area contributed by atoms with Crippen molar-refractivity contribution in [1.82, 2.24) is 0 Å². The molecule has 3 nitrogen and oxygen atoms in total. The van der Waals surface area contributed by atoms with Crippen molar-refractivity contribution in [3.63, 3.8) is 0 Å². The summed E-state index contributed by atoms with van der Waals surface area (Å²) < 4.78 is 21.6. The van der Waals surface area contributed by atoms with Crippen LogP contribution in [-0.4, -0.2) is 27.1 Å². The highest BCUT2D eigenvalue weighted by Crippen LogP contribution is 2.43. The molecule has 4 saturated carbocycles. The third-order valence-electron chi connectivity index (χ3n) is 8.25. The standard InChI is InChI=1S/C26H48O3Si/c1-2-13-21-26(22-14-3-1)30(27-23-15-7-4-8-16-23,28-24-17-9-5-10-18-24)29-25-19-11-6-12-20-25/h23-26H,1-22H2. The molecule has 0 saturated heterocycles. The first-order valence-electron chi connectivity index (χ1n) is 13.9. The van der Waals surface area contributed by atoms with Gasteiger partial charge in [-0.1, -0.05) is 89.9 Å². The van der Waals surface area contributed by atoms with Gasteiger partial charge in [0, 0.05) is 23.9 Å². The van der Waals surface area contributed by atoms with Crippen molar-refractivity contribution in [2.75, 3.05) is 0 Å². The molecule has 0 spiro atoms. The van der Waals surface area contributed by atoms with E-state index in [2.05, 4.69) is 0 Å². The lowest BCUT2D eigenvalue weighted by atomic mass is 9.98. The average molecular weight is 437 g/mol. The summed E-state index contributed by atoms with van der Waals surface area (Å²) >= 11 is 0. The summed E-state index contributed by atoms with van der Waals surface area (Å²) in [5.74, 6) is 0. The van der Waals surface area contributed by atoms with Crippen LogP contribution in [0.5, 0.6) is 0 Å². The van der Waals surface area contributed by atoms with Gasteiger partial charge in [0.15, 0.2) is 0 Å². The van der Waals surface area contributed by atoms with Gasteiger partial charge in [-0.3, -0.25) is 0 Å². The van der Waals surface area contributed by atoms with E-state index in [1.165, 1.54) is 141 Å². The molecule has 4 heteroatoms. The van der Waals surface area contributed by atoms with Gasteiger partial charge in [0.2, 0.25) is 0 Å². The zero-order valence-corrected chi connectivity index (χ0v) is 20.6. The molecule has 0 radical (unpaired) electrons. The van der Waals surface area contributed by atoms with Crippen molar-refractivity contribution < 1.29 is 13.3 Å². The summed E-state index contributed by atoms with van der Waals surface area (Å²) in [4.78, 5) is 0. The molecule has 0 atom stereocenters. The van der Waals surface area contributed by atoms with Crippen molar-refractivity contribution in [3.05, 3.63) is 0 Å². The first-order valence-corrected chi connectivity index (χ1v) is 15.7. The van der Waals surface area contributed by atoms with Gasteiger partial charge in [-0.2, -0.15) is 0 Å². The third kappa shape index (κ3) is 6.80. The van der Waals surface area contributed by atoms with E-state index in [9.17, 15) is 0 Å². The van der Waals surface area contributed by atoms with Crippen LogP contribution in [-0.2, 0) is 13.3 Å². The van der Waals surface area contributed by atoms with Gasteiger partial charge in [0.1, 0.15) is 0 Å². The van der Waals surface area contributed by atoms with Crippen LogP contribution in [0.1, 0.15) is 141 Å². The summed E-state index contributed by atoms with van der Waals surface area (Å²) in [6, 6.07) is 0. The lowest BCUT2D eigenvalue weighted by Gasteiger charge is -2.44. The fourth-order valence-electron chi connectivity index (χ4n) is 6.43. The van der Waals surface area contributed by atoms with Crippen LogP contribution in [0.3, 0.4) is 0 Å². The van der Waals surface area contributed by atoms with E-state index >= 15 is 0 Å². The Morgan fingerprint density at radius 3 is 0.967 bits per heavy atom. The second-order valence-electron chi connectivity index (χ2n) is 10.8. The Balaban J connectivity index is 1.57. The van der Waals surface area contributed by atoms with Crippen LogP contribution in [0.25, 0.3) is 0 Å². The van der Waals surface area contributed by atoms with E-state index in [1.54, 1.807) is 0 Å². The Labute approximate surface area is 187 Å². The summed E-state index contributed by atoms with van der Waals surface area (Å²) in [6.07, 6.45) is 30.0. The minimum absolute atomic E-state index is 0.392. The molecule has 0 unspecified atom stereocenters. The SMILES string of the molecule is C1CCCC([Si](OC2CCCCC2)(OC2CCCCC2)OC2CCCCC2)CCC1. The predicted molar refractivity (Wildman–Crippen MR) is 126 cm³/mol. The van der Waals surface area contributed by atoms with E-state index in [1.807, 2.05) is 0 Å². The van der Waals surface area contributed by atoms with Crippen molar-refractivity contribution >= 4 is 8.80 Å². The van der Waals surface area contributed by atoms with Gasteiger partial charge in [0.25, 0.3) is 0 Å². The zero-order chi connectivity index (χ0) is 20.5. The Morgan fingerprint density at radius 1 is 0.333 bits per heavy atom. The summed E-state index contributed by atoms with van der Waals surface area (Å²) in [6.45, 7) is 0. The molecule has 4 aliphatic rings. The first kappa shape index (κ1) is 23.3. The number of rotatable bonds is 7. The van der Waals surface area contributed by atoms with E-state index in [4.69, 9.17) is 13.3 Å². The number of hydrogen-bond donors (Lipinski definition) is 0. The number of hydrogen-bond acceptors (Lipinski definition) is 3. The van der Waals surface area contributed by atoms with Crippen molar-refractivity contribution in [3.8, 4) is 0 Å². The van der Waals surface area contributed by atoms with Crippen LogP contribution in [0, 0.1) is 0 Å². The minimum Gasteiger partial charge on any atom is -0.370 e. The Hall–Kier alpha value is 0.0969. The summed E-state index contributed by atoms with van der Waals surface area (Å²) in [7, 11) is -2.71. The van der Waals surface area contributed by atoms with Gasteiger partial charge in [-0.25, -0.2) is 0 Å². The second-order valence-corrected chi connectivity index (χ2v) is 13.5. The molecule has 0 bridgehead atoms. The van der Waals surface area contributed by atoms with Crippen LogP contribution < -0.4 is 0 Å². The van der Waals surface area contributed by atoms with Crippen molar-refractivity contribution in [2.45, 2.75) is 165 Å². The molecule has 4 rings (SSSR count). The third-order valence-corrected chi connectivity index (χ3v) is 11.8. The maximum absolute atomic E-state index is 7.21. The van der Waals surface area contributed by atoms with E-state index in [-0.39, 0.29) is 0 Å². The fourth-order valence-corrected chi connectivity index (χ4v) is 10.4. The smallest absolute Gasteiger partial charge is 0.370 e. The first-order chi connectivity index (χ1) is 14.8. The normalized spacial score (nSPS) is 27.6. The average Bonchev–Trinajstić information content (AvgIpc) is 2.75. The van der Waals surface area contributed by atoms with Crippen molar-refractivity contribution in [2.24, 2.45) is 0 Å². The van der Waals surface area contributed by atoms with Crippen molar-refractivity contribution in [1.29, 1.82) is 0 Å². The Kier molecular flexibility index (Phi) is 9.59. The quantitative estimate of drug-likeness (QED) is 0.377. The minimum atomic E-state index is -2.71. The van der Waals surface area contributed by atoms with Gasteiger partial charge < -0.3 is 13.3 Å². The zero-order valence-electron chi connectivity index (χ0n) is 19.6. The lowest BCUT2D eigenvalue weighted by Crippen LogP contribution is -2.56. The molecule has 4 aliphatic carbocycles. The molecule has 0 heterocycles. The molecule has 0 aromatic heterocycles. The second kappa shape index (κ2) is 12.4. The highest BCUT2D eigenvalue weighted by molar-refractivity contribution is 6.62. The maximum Gasteiger partial charge on any atom is 0.504 e. The maximum atomic E-state index is 7.21. The largest absolute Gasteiger partial charge is 0.504 e. The molecule has 4 fully saturated rings. The molecule has 0 aromatic rings. The Bertz CT molecular complexity index is 409. The monoisotopic (exact) mass is 436 g/mol. The molecular formula is C26H48O3Si. The van der Waals surface area contributed by atoms with Crippen LogP contribution in [0.2, 0.25) is 5.54 Å². The molecule has 0 aromatic carbocycles. The molecule has 0 aliphatic heterocycles. The fraction of sp³-hybridized carbons (Fsp3) is 1.00. The van der Waals surface area contributed by atoms with Gasteiger partial charge >= 0.3 is 8.80 Å². The molecular weight excluding hydrogens is 388 g/mol. The predicted octanol–water partition coefficient (Wildman–Crippen LogP) is 8.09. The van der Waals surface area contributed by atoms with Gasteiger partial charge in [-0.05, 0) is 51.4 Å². The summed E-state index contributed by atoms with van der Waals surface area (Å²) in [5.41, 5.74) is 0.545. The van der Waals surface area contributed by atoms with Gasteiger partial charge in [-0.15, -0.1) is 0 Å².